The van der Waals surface area contributed by atoms with Crippen LogP contribution in [0.2, 0.25) is 0 Å². The van der Waals surface area contributed by atoms with Gasteiger partial charge in [0.05, 0.1) is 11.2 Å². The summed E-state index contributed by atoms with van der Waals surface area (Å²) in [4.78, 5) is 10.0. The Labute approximate surface area is 104 Å². The number of hydrogen-bond acceptors (Lipinski definition) is 5. The van der Waals surface area contributed by atoms with Gasteiger partial charge in [-0.15, -0.1) is 22.7 Å². The summed E-state index contributed by atoms with van der Waals surface area (Å²) < 4.78 is 0. The molecule has 0 fully saturated rings. The zero-order valence-electron chi connectivity index (χ0n) is 9.65. The number of rotatable bonds is 4. The highest BCUT2D eigenvalue weighted by molar-refractivity contribution is 7.10. The summed E-state index contributed by atoms with van der Waals surface area (Å²) in [6, 6.07) is 0.344. The number of thiazole rings is 2. The van der Waals surface area contributed by atoms with Gasteiger partial charge in [0, 0.05) is 28.5 Å². The first-order valence-electron chi connectivity index (χ1n) is 5.21. The van der Waals surface area contributed by atoms with Gasteiger partial charge < -0.3 is 5.32 Å². The van der Waals surface area contributed by atoms with Crippen molar-refractivity contribution in [3.05, 3.63) is 32.2 Å². The summed E-state index contributed by atoms with van der Waals surface area (Å²) in [6.07, 6.45) is 0. The predicted molar refractivity (Wildman–Crippen MR) is 69.0 cm³/mol. The maximum atomic E-state index is 4.43. The Bertz CT molecular complexity index is 461. The van der Waals surface area contributed by atoms with E-state index in [1.165, 1.54) is 4.88 Å². The molecular formula is C11H15N3S2. The topological polar surface area (TPSA) is 37.8 Å². The molecule has 2 aromatic rings. The van der Waals surface area contributed by atoms with Crippen molar-refractivity contribution in [1.82, 2.24) is 15.3 Å². The Morgan fingerprint density at radius 3 is 2.75 bits per heavy atom. The van der Waals surface area contributed by atoms with Crippen LogP contribution in [0.5, 0.6) is 0 Å². The van der Waals surface area contributed by atoms with Crippen LogP contribution >= 0.6 is 22.7 Å². The Balaban J connectivity index is 1.93. The minimum absolute atomic E-state index is 0.344. The molecular weight excluding hydrogens is 238 g/mol. The van der Waals surface area contributed by atoms with E-state index in [2.05, 4.69) is 34.5 Å². The van der Waals surface area contributed by atoms with Gasteiger partial charge in [0.1, 0.15) is 5.01 Å². The molecule has 2 rings (SSSR count). The molecule has 16 heavy (non-hydrogen) atoms. The lowest BCUT2D eigenvalue weighted by Crippen LogP contribution is -2.17. The third-order valence-corrected chi connectivity index (χ3v) is 4.48. The minimum atomic E-state index is 0.344. The third kappa shape index (κ3) is 2.66. The number of nitrogens with zero attached hydrogens (tertiary/aromatic N) is 2. The Hall–Kier alpha value is -0.780. The molecule has 0 radical (unpaired) electrons. The van der Waals surface area contributed by atoms with Crippen LogP contribution in [0.1, 0.15) is 34.2 Å². The van der Waals surface area contributed by atoms with Gasteiger partial charge in [-0.3, -0.25) is 0 Å². The van der Waals surface area contributed by atoms with E-state index in [1.807, 2.05) is 12.4 Å². The zero-order valence-corrected chi connectivity index (χ0v) is 11.3. The number of aromatic nitrogens is 2. The van der Waals surface area contributed by atoms with Gasteiger partial charge in [-0.25, -0.2) is 9.97 Å². The number of nitrogens with one attached hydrogen (secondary N) is 1. The van der Waals surface area contributed by atoms with E-state index in [4.69, 9.17) is 0 Å². The van der Waals surface area contributed by atoms with E-state index in [-0.39, 0.29) is 0 Å². The van der Waals surface area contributed by atoms with E-state index >= 15 is 0 Å². The molecule has 0 aliphatic rings. The molecule has 0 aliphatic carbocycles. The molecule has 0 saturated carbocycles. The van der Waals surface area contributed by atoms with Gasteiger partial charge in [-0.1, -0.05) is 0 Å². The molecule has 86 valence electrons. The van der Waals surface area contributed by atoms with E-state index in [0.717, 1.165) is 22.9 Å². The van der Waals surface area contributed by atoms with Crippen molar-refractivity contribution in [2.45, 2.75) is 33.4 Å². The van der Waals surface area contributed by atoms with Gasteiger partial charge in [-0.05, 0) is 20.8 Å². The molecule has 1 N–H and O–H groups in total. The third-order valence-electron chi connectivity index (χ3n) is 2.40. The molecule has 0 amide bonds. The molecule has 1 atom stereocenters. The molecule has 3 nitrogen and oxygen atoms in total. The van der Waals surface area contributed by atoms with Gasteiger partial charge in [0.2, 0.25) is 0 Å². The fraction of sp³-hybridized carbons (Fsp3) is 0.455. The lowest BCUT2D eigenvalue weighted by atomic mass is 10.2. The second kappa shape index (κ2) is 5.03. The second-order valence-electron chi connectivity index (χ2n) is 3.79. The number of aryl methyl sites for hydroxylation is 2. The Kier molecular flexibility index (Phi) is 3.68. The highest BCUT2D eigenvalue weighted by Crippen LogP contribution is 2.21. The van der Waals surface area contributed by atoms with Crippen LogP contribution in [-0.4, -0.2) is 9.97 Å². The Morgan fingerprint density at radius 2 is 2.19 bits per heavy atom. The molecule has 1 unspecified atom stereocenters. The van der Waals surface area contributed by atoms with Crippen LogP contribution in [0.25, 0.3) is 0 Å². The summed E-state index contributed by atoms with van der Waals surface area (Å²) in [6.45, 7) is 7.08. The van der Waals surface area contributed by atoms with Crippen molar-refractivity contribution in [3.63, 3.8) is 0 Å². The largest absolute Gasteiger partial charge is 0.303 e. The fourth-order valence-corrected chi connectivity index (χ4v) is 3.10. The molecule has 2 aromatic heterocycles. The summed E-state index contributed by atoms with van der Waals surface area (Å²) in [5, 5.41) is 6.70. The lowest BCUT2D eigenvalue weighted by molar-refractivity contribution is 0.577. The molecule has 5 heteroatoms. The Morgan fingerprint density at radius 1 is 1.38 bits per heavy atom. The minimum Gasteiger partial charge on any atom is -0.303 e. The van der Waals surface area contributed by atoms with Crippen molar-refractivity contribution in [2.75, 3.05) is 0 Å². The summed E-state index contributed by atoms with van der Waals surface area (Å²) in [5.41, 5.74) is 4.12. The van der Waals surface area contributed by atoms with Gasteiger partial charge in [-0.2, -0.15) is 0 Å². The average Bonchev–Trinajstić information content (AvgIpc) is 2.84. The SMILES string of the molecule is Cc1csc(CNC(C)c2scnc2C)n1. The van der Waals surface area contributed by atoms with Crippen LogP contribution < -0.4 is 5.32 Å². The van der Waals surface area contributed by atoms with E-state index < -0.39 is 0 Å². The van der Waals surface area contributed by atoms with Crippen LogP contribution in [0.3, 0.4) is 0 Å². The van der Waals surface area contributed by atoms with E-state index in [9.17, 15) is 0 Å². The standard InChI is InChI=1S/C11H15N3S2/c1-7-5-15-10(14-7)4-12-8(2)11-9(3)13-6-16-11/h5-6,8,12H,4H2,1-3H3. The fourth-order valence-electron chi connectivity index (χ4n) is 1.54. The quantitative estimate of drug-likeness (QED) is 0.910. The highest BCUT2D eigenvalue weighted by atomic mass is 32.1. The summed E-state index contributed by atoms with van der Waals surface area (Å²) in [5.74, 6) is 0. The van der Waals surface area contributed by atoms with Gasteiger partial charge in [0.15, 0.2) is 0 Å². The average molecular weight is 253 g/mol. The first-order valence-corrected chi connectivity index (χ1v) is 6.97. The van der Waals surface area contributed by atoms with E-state index in [0.29, 0.717) is 6.04 Å². The highest BCUT2D eigenvalue weighted by Gasteiger charge is 2.10. The molecule has 0 aliphatic heterocycles. The van der Waals surface area contributed by atoms with Crippen LogP contribution in [0.4, 0.5) is 0 Å². The lowest BCUT2D eigenvalue weighted by Gasteiger charge is -2.11. The normalized spacial score (nSPS) is 12.9. The van der Waals surface area contributed by atoms with Crippen molar-refractivity contribution >= 4 is 22.7 Å². The number of hydrogen-bond donors (Lipinski definition) is 1. The molecule has 0 spiro atoms. The van der Waals surface area contributed by atoms with Crippen LogP contribution in [0, 0.1) is 13.8 Å². The van der Waals surface area contributed by atoms with E-state index in [1.54, 1.807) is 22.7 Å². The molecule has 0 saturated heterocycles. The maximum absolute atomic E-state index is 4.43. The van der Waals surface area contributed by atoms with Gasteiger partial charge >= 0.3 is 0 Å². The molecule has 2 heterocycles. The van der Waals surface area contributed by atoms with Crippen LogP contribution in [0.15, 0.2) is 10.9 Å². The van der Waals surface area contributed by atoms with Crippen molar-refractivity contribution in [2.24, 2.45) is 0 Å². The van der Waals surface area contributed by atoms with Crippen molar-refractivity contribution < 1.29 is 0 Å². The monoisotopic (exact) mass is 253 g/mol. The summed E-state index contributed by atoms with van der Waals surface area (Å²) >= 11 is 3.41. The second-order valence-corrected chi connectivity index (χ2v) is 5.62. The maximum Gasteiger partial charge on any atom is 0.107 e. The first kappa shape index (κ1) is 11.7. The van der Waals surface area contributed by atoms with Crippen LogP contribution in [-0.2, 0) is 6.54 Å². The predicted octanol–water partition coefficient (Wildman–Crippen LogP) is 3.07. The molecule has 0 aromatic carbocycles. The zero-order chi connectivity index (χ0) is 11.5. The first-order chi connectivity index (χ1) is 7.66. The van der Waals surface area contributed by atoms with Gasteiger partial charge in [0.25, 0.3) is 0 Å². The molecule has 0 bridgehead atoms. The van der Waals surface area contributed by atoms with Crippen molar-refractivity contribution in [3.8, 4) is 0 Å². The summed E-state index contributed by atoms with van der Waals surface area (Å²) in [7, 11) is 0. The van der Waals surface area contributed by atoms with Crippen molar-refractivity contribution in [1.29, 1.82) is 0 Å². The smallest absolute Gasteiger partial charge is 0.107 e.